The third-order valence-corrected chi connectivity index (χ3v) is 5.81. The van der Waals surface area contributed by atoms with Crippen molar-refractivity contribution in [3.63, 3.8) is 0 Å². The van der Waals surface area contributed by atoms with Gasteiger partial charge in [0.15, 0.2) is 0 Å². The van der Waals surface area contributed by atoms with E-state index >= 15 is 0 Å². The molecule has 1 aromatic carbocycles. The van der Waals surface area contributed by atoms with Crippen LogP contribution in [0.3, 0.4) is 0 Å². The molecule has 1 aromatic heterocycles. The zero-order valence-electron chi connectivity index (χ0n) is 7.88. The molecule has 16 heavy (non-hydrogen) atoms. The topological polar surface area (TPSA) is 0 Å². The predicted octanol–water partition coefficient (Wildman–Crippen LogP) is 6.36. The van der Waals surface area contributed by atoms with E-state index in [1.165, 1.54) is 0 Å². The van der Waals surface area contributed by atoms with E-state index in [9.17, 15) is 0 Å². The molecule has 1 atom stereocenters. The van der Waals surface area contributed by atoms with Crippen molar-refractivity contribution in [2.75, 3.05) is 0 Å². The first kappa shape index (κ1) is 13.1. The Bertz CT molecular complexity index is 510. The molecule has 0 saturated heterocycles. The van der Waals surface area contributed by atoms with Crippen molar-refractivity contribution < 1.29 is 0 Å². The fraction of sp³-hybridized carbons (Fsp3) is 0.0909. The molecule has 0 saturated carbocycles. The van der Waals surface area contributed by atoms with Gasteiger partial charge in [0, 0.05) is 18.3 Å². The molecule has 0 aliphatic rings. The SMILES string of the molecule is ClC(c1ccc(Br)cc1Br)c1sccc1Br. The van der Waals surface area contributed by atoms with Gasteiger partial charge in [0.25, 0.3) is 0 Å². The van der Waals surface area contributed by atoms with E-state index < -0.39 is 0 Å². The standard InChI is InChI=1S/C11H6Br3ClS/c12-6-1-2-7(9(14)5-6)10(15)11-8(13)3-4-16-11/h1-5,10H. The molecular weight excluding hydrogens is 439 g/mol. The summed E-state index contributed by atoms with van der Waals surface area (Å²) in [5, 5.41) is 1.90. The molecule has 2 aromatic rings. The van der Waals surface area contributed by atoms with Gasteiger partial charge in [-0.05, 0) is 45.1 Å². The van der Waals surface area contributed by atoms with Gasteiger partial charge >= 0.3 is 0 Å². The summed E-state index contributed by atoms with van der Waals surface area (Å²) in [5.41, 5.74) is 1.08. The Hall–Kier alpha value is 0.650. The first-order chi connectivity index (χ1) is 7.59. The Labute approximate surface area is 128 Å². The summed E-state index contributed by atoms with van der Waals surface area (Å²) in [4.78, 5) is 1.13. The molecule has 0 spiro atoms. The number of halogens is 4. The monoisotopic (exact) mass is 442 g/mol. The van der Waals surface area contributed by atoms with Gasteiger partial charge in [0.1, 0.15) is 0 Å². The third kappa shape index (κ3) is 2.72. The van der Waals surface area contributed by atoms with Crippen LogP contribution >= 0.6 is 70.7 Å². The van der Waals surface area contributed by atoms with Crippen molar-refractivity contribution in [1.29, 1.82) is 0 Å². The van der Waals surface area contributed by atoms with Crippen LogP contribution in [0, 0.1) is 0 Å². The van der Waals surface area contributed by atoms with Crippen LogP contribution in [0.25, 0.3) is 0 Å². The summed E-state index contributed by atoms with van der Waals surface area (Å²) < 4.78 is 3.12. The van der Waals surface area contributed by atoms with Crippen molar-refractivity contribution in [2.45, 2.75) is 5.38 Å². The maximum atomic E-state index is 6.47. The second-order valence-corrected chi connectivity index (χ2v) is 7.17. The maximum absolute atomic E-state index is 6.47. The lowest BCUT2D eigenvalue weighted by Gasteiger charge is -2.11. The molecular formula is C11H6Br3ClS. The number of hydrogen-bond donors (Lipinski definition) is 0. The normalized spacial score (nSPS) is 12.8. The fourth-order valence-corrected chi connectivity index (χ4v) is 4.93. The summed E-state index contributed by atoms with van der Waals surface area (Å²) in [6.45, 7) is 0. The number of benzene rings is 1. The molecule has 0 aliphatic heterocycles. The summed E-state index contributed by atoms with van der Waals surface area (Å²) in [6, 6.07) is 8.04. The number of rotatable bonds is 2. The molecule has 0 aliphatic carbocycles. The predicted molar refractivity (Wildman–Crippen MR) is 81.6 cm³/mol. The largest absolute Gasteiger partial charge is 0.146 e. The Morgan fingerprint density at radius 1 is 1.06 bits per heavy atom. The maximum Gasteiger partial charge on any atom is 0.0949 e. The Kier molecular flexibility index (Phi) is 4.52. The van der Waals surface area contributed by atoms with Crippen molar-refractivity contribution in [3.05, 3.63) is 53.5 Å². The van der Waals surface area contributed by atoms with Crippen LogP contribution in [0.15, 0.2) is 43.1 Å². The first-order valence-electron chi connectivity index (χ1n) is 4.41. The highest BCUT2D eigenvalue weighted by atomic mass is 79.9. The molecule has 84 valence electrons. The molecule has 0 N–H and O–H groups in total. The molecule has 1 heterocycles. The number of thiophene rings is 1. The molecule has 0 fully saturated rings. The van der Waals surface area contributed by atoms with E-state index in [2.05, 4.69) is 47.8 Å². The van der Waals surface area contributed by atoms with Crippen molar-refractivity contribution >= 4 is 70.7 Å². The average Bonchev–Trinajstić information content (AvgIpc) is 2.63. The summed E-state index contributed by atoms with van der Waals surface area (Å²) in [6.07, 6.45) is 0. The number of hydrogen-bond acceptors (Lipinski definition) is 1. The van der Waals surface area contributed by atoms with E-state index in [1.54, 1.807) is 11.3 Å². The van der Waals surface area contributed by atoms with Gasteiger partial charge in [0.05, 0.1) is 5.38 Å². The van der Waals surface area contributed by atoms with E-state index in [4.69, 9.17) is 11.6 Å². The van der Waals surface area contributed by atoms with Gasteiger partial charge in [-0.15, -0.1) is 22.9 Å². The zero-order chi connectivity index (χ0) is 11.7. The van der Waals surface area contributed by atoms with E-state index in [0.717, 1.165) is 23.9 Å². The lowest BCUT2D eigenvalue weighted by atomic mass is 10.1. The second kappa shape index (κ2) is 5.53. The van der Waals surface area contributed by atoms with Crippen LogP contribution in [-0.4, -0.2) is 0 Å². The van der Waals surface area contributed by atoms with Crippen LogP contribution in [0.1, 0.15) is 15.8 Å². The van der Waals surface area contributed by atoms with E-state index in [-0.39, 0.29) is 5.38 Å². The van der Waals surface area contributed by atoms with Crippen LogP contribution in [0.2, 0.25) is 0 Å². The minimum Gasteiger partial charge on any atom is -0.146 e. The summed E-state index contributed by atoms with van der Waals surface area (Å²) in [5.74, 6) is 0. The van der Waals surface area contributed by atoms with Crippen molar-refractivity contribution in [1.82, 2.24) is 0 Å². The molecule has 0 amide bonds. The van der Waals surface area contributed by atoms with Gasteiger partial charge < -0.3 is 0 Å². The molecule has 1 unspecified atom stereocenters. The first-order valence-corrected chi connectivity index (χ1v) is 8.11. The zero-order valence-corrected chi connectivity index (χ0v) is 14.2. The lowest BCUT2D eigenvalue weighted by Crippen LogP contribution is -1.92. The number of alkyl halides is 1. The van der Waals surface area contributed by atoms with Gasteiger partial charge in [-0.2, -0.15) is 0 Å². The van der Waals surface area contributed by atoms with E-state index in [1.807, 2.05) is 29.6 Å². The van der Waals surface area contributed by atoms with Crippen LogP contribution in [-0.2, 0) is 0 Å². The highest BCUT2D eigenvalue weighted by Crippen LogP contribution is 2.40. The average molecular weight is 445 g/mol. The molecule has 0 nitrogen and oxygen atoms in total. The van der Waals surface area contributed by atoms with Crippen molar-refractivity contribution in [3.8, 4) is 0 Å². The lowest BCUT2D eigenvalue weighted by molar-refractivity contribution is 1.16. The summed E-state index contributed by atoms with van der Waals surface area (Å²) in [7, 11) is 0. The molecule has 0 radical (unpaired) electrons. The fourth-order valence-electron chi connectivity index (χ4n) is 1.33. The Morgan fingerprint density at radius 3 is 2.38 bits per heavy atom. The minimum atomic E-state index is -0.128. The van der Waals surface area contributed by atoms with Gasteiger partial charge in [-0.25, -0.2) is 0 Å². The highest BCUT2D eigenvalue weighted by molar-refractivity contribution is 9.11. The van der Waals surface area contributed by atoms with Gasteiger partial charge in [0.2, 0.25) is 0 Å². The van der Waals surface area contributed by atoms with Gasteiger partial charge in [-0.1, -0.05) is 37.9 Å². The molecule has 5 heteroatoms. The smallest absolute Gasteiger partial charge is 0.0949 e. The van der Waals surface area contributed by atoms with Crippen LogP contribution in [0.5, 0.6) is 0 Å². The summed E-state index contributed by atoms with van der Waals surface area (Å²) >= 11 is 18.6. The highest BCUT2D eigenvalue weighted by Gasteiger charge is 2.17. The Balaban J connectivity index is 2.41. The Morgan fingerprint density at radius 2 is 1.81 bits per heavy atom. The van der Waals surface area contributed by atoms with E-state index in [0.29, 0.717) is 0 Å². The second-order valence-electron chi connectivity index (χ2n) is 3.16. The van der Waals surface area contributed by atoms with Crippen LogP contribution in [0.4, 0.5) is 0 Å². The molecule has 0 bridgehead atoms. The minimum absolute atomic E-state index is 0.128. The molecule has 2 rings (SSSR count). The van der Waals surface area contributed by atoms with Gasteiger partial charge in [-0.3, -0.25) is 0 Å². The van der Waals surface area contributed by atoms with Crippen molar-refractivity contribution in [2.24, 2.45) is 0 Å². The van der Waals surface area contributed by atoms with Crippen LogP contribution < -0.4 is 0 Å². The third-order valence-electron chi connectivity index (χ3n) is 2.11. The quantitative estimate of drug-likeness (QED) is 0.472.